The average molecular weight is 238 g/mol. The van der Waals surface area contributed by atoms with Crippen molar-refractivity contribution in [1.29, 1.82) is 5.26 Å². The number of aryl methyl sites for hydroxylation is 3. The van der Waals surface area contributed by atoms with Gasteiger partial charge in [0, 0.05) is 11.8 Å². The Labute approximate surface area is 106 Å². The van der Waals surface area contributed by atoms with Gasteiger partial charge in [-0.2, -0.15) is 5.26 Å². The number of hydrogen-bond acceptors (Lipinski definition) is 4. The number of nitriles is 1. The second kappa shape index (κ2) is 4.84. The number of aromatic nitrogens is 2. The van der Waals surface area contributed by atoms with Gasteiger partial charge in [-0.3, -0.25) is 0 Å². The van der Waals surface area contributed by atoms with Crippen LogP contribution in [0.1, 0.15) is 22.6 Å². The van der Waals surface area contributed by atoms with Crippen molar-refractivity contribution in [3.8, 4) is 6.07 Å². The third-order valence-electron chi connectivity index (χ3n) is 2.60. The minimum Gasteiger partial charge on any atom is -0.340 e. The lowest BCUT2D eigenvalue weighted by atomic mass is 10.1. The molecule has 0 aliphatic rings. The maximum absolute atomic E-state index is 8.88. The van der Waals surface area contributed by atoms with Crippen LogP contribution >= 0.6 is 0 Å². The second-order valence-electron chi connectivity index (χ2n) is 4.24. The normalized spacial score (nSPS) is 9.89. The summed E-state index contributed by atoms with van der Waals surface area (Å²) in [5.41, 5.74) is 3.72. The summed E-state index contributed by atoms with van der Waals surface area (Å²) in [6, 6.07) is 9.81. The largest absolute Gasteiger partial charge is 0.340 e. The van der Waals surface area contributed by atoms with Crippen LogP contribution in [0.25, 0.3) is 0 Å². The zero-order valence-corrected chi connectivity index (χ0v) is 10.7. The highest BCUT2D eigenvalue weighted by atomic mass is 15.0. The molecule has 0 saturated heterocycles. The third-order valence-corrected chi connectivity index (χ3v) is 2.60. The van der Waals surface area contributed by atoms with E-state index in [1.54, 1.807) is 13.0 Å². The number of nitrogens with zero attached hydrogens (tertiary/aromatic N) is 3. The van der Waals surface area contributed by atoms with Gasteiger partial charge in [-0.05, 0) is 32.4 Å². The molecule has 0 fully saturated rings. The Bertz CT molecular complexity index is 626. The molecule has 18 heavy (non-hydrogen) atoms. The van der Waals surface area contributed by atoms with Gasteiger partial charge in [0.1, 0.15) is 23.4 Å². The highest BCUT2D eigenvalue weighted by Crippen LogP contribution is 2.20. The number of benzene rings is 1. The van der Waals surface area contributed by atoms with Crippen molar-refractivity contribution in [1.82, 2.24) is 9.97 Å². The fourth-order valence-corrected chi connectivity index (χ4v) is 1.78. The summed E-state index contributed by atoms with van der Waals surface area (Å²) in [6.07, 6.45) is 0. The van der Waals surface area contributed by atoms with Crippen LogP contribution in [0.2, 0.25) is 0 Å². The summed E-state index contributed by atoms with van der Waals surface area (Å²) >= 11 is 0. The van der Waals surface area contributed by atoms with Crippen molar-refractivity contribution in [3.05, 3.63) is 46.9 Å². The van der Waals surface area contributed by atoms with Crippen molar-refractivity contribution in [3.63, 3.8) is 0 Å². The first-order chi connectivity index (χ1) is 8.58. The molecule has 1 aromatic carbocycles. The van der Waals surface area contributed by atoms with E-state index in [4.69, 9.17) is 5.26 Å². The minimum atomic E-state index is 0.370. The first-order valence-electron chi connectivity index (χ1n) is 5.68. The lowest BCUT2D eigenvalue weighted by molar-refractivity contribution is 1.04. The Morgan fingerprint density at radius 2 is 1.89 bits per heavy atom. The second-order valence-corrected chi connectivity index (χ2v) is 4.24. The van der Waals surface area contributed by atoms with Gasteiger partial charge in [0.25, 0.3) is 0 Å². The number of hydrogen-bond donors (Lipinski definition) is 1. The van der Waals surface area contributed by atoms with Crippen molar-refractivity contribution in [2.75, 3.05) is 5.32 Å². The molecule has 2 aromatic rings. The Morgan fingerprint density at radius 3 is 2.56 bits per heavy atom. The number of anilines is 2. The molecule has 0 saturated carbocycles. The molecule has 1 aromatic heterocycles. The van der Waals surface area contributed by atoms with Crippen molar-refractivity contribution >= 4 is 11.5 Å². The maximum Gasteiger partial charge on any atom is 0.146 e. The van der Waals surface area contributed by atoms with E-state index in [-0.39, 0.29) is 0 Å². The first kappa shape index (κ1) is 12.1. The van der Waals surface area contributed by atoms with E-state index >= 15 is 0 Å². The lowest BCUT2D eigenvalue weighted by Crippen LogP contribution is -2.00. The van der Waals surface area contributed by atoms with Crippen molar-refractivity contribution < 1.29 is 0 Å². The van der Waals surface area contributed by atoms with Crippen molar-refractivity contribution in [2.45, 2.75) is 20.8 Å². The number of nitrogens with one attached hydrogen (secondary N) is 1. The summed E-state index contributed by atoms with van der Waals surface area (Å²) in [7, 11) is 0. The van der Waals surface area contributed by atoms with Crippen LogP contribution in [-0.4, -0.2) is 9.97 Å². The SMILES string of the molecule is Cc1ccc(Nc2cc(C#N)nc(C)n2)c(C)c1. The van der Waals surface area contributed by atoms with E-state index < -0.39 is 0 Å². The van der Waals surface area contributed by atoms with E-state index in [2.05, 4.69) is 28.3 Å². The van der Waals surface area contributed by atoms with Gasteiger partial charge < -0.3 is 5.32 Å². The molecule has 0 aliphatic carbocycles. The molecular formula is C14H14N4. The Balaban J connectivity index is 2.34. The zero-order chi connectivity index (χ0) is 13.1. The molecule has 2 rings (SSSR count). The first-order valence-corrected chi connectivity index (χ1v) is 5.68. The quantitative estimate of drug-likeness (QED) is 0.873. The van der Waals surface area contributed by atoms with Crippen molar-refractivity contribution in [2.24, 2.45) is 0 Å². The zero-order valence-electron chi connectivity index (χ0n) is 10.7. The highest BCUT2D eigenvalue weighted by Gasteiger charge is 2.03. The minimum absolute atomic E-state index is 0.370. The summed E-state index contributed by atoms with van der Waals surface area (Å²) in [6.45, 7) is 5.86. The predicted molar refractivity (Wildman–Crippen MR) is 70.7 cm³/mol. The van der Waals surface area contributed by atoms with Gasteiger partial charge in [0.2, 0.25) is 0 Å². The molecule has 0 aliphatic heterocycles. The molecule has 0 bridgehead atoms. The smallest absolute Gasteiger partial charge is 0.146 e. The van der Waals surface area contributed by atoms with Crippen LogP contribution in [0.15, 0.2) is 24.3 Å². The van der Waals surface area contributed by atoms with Gasteiger partial charge in [0.15, 0.2) is 0 Å². The van der Waals surface area contributed by atoms with Crippen LogP contribution in [0.3, 0.4) is 0 Å². The van der Waals surface area contributed by atoms with E-state index in [0.717, 1.165) is 11.3 Å². The van der Waals surface area contributed by atoms with E-state index in [1.165, 1.54) is 5.56 Å². The molecule has 1 heterocycles. The average Bonchev–Trinajstić information content (AvgIpc) is 2.32. The molecule has 4 nitrogen and oxygen atoms in total. The highest BCUT2D eigenvalue weighted by molar-refractivity contribution is 5.61. The van der Waals surface area contributed by atoms with Crippen LogP contribution in [0.4, 0.5) is 11.5 Å². The van der Waals surface area contributed by atoms with Gasteiger partial charge in [-0.1, -0.05) is 17.7 Å². The van der Waals surface area contributed by atoms with Crippen LogP contribution in [0, 0.1) is 32.1 Å². The molecule has 90 valence electrons. The Hall–Kier alpha value is -2.41. The molecule has 0 atom stereocenters. The Morgan fingerprint density at radius 1 is 1.11 bits per heavy atom. The van der Waals surface area contributed by atoms with E-state index in [1.807, 2.05) is 25.1 Å². The van der Waals surface area contributed by atoms with Gasteiger partial charge in [-0.15, -0.1) is 0 Å². The lowest BCUT2D eigenvalue weighted by Gasteiger charge is -2.10. The summed E-state index contributed by atoms with van der Waals surface area (Å²) in [5.74, 6) is 1.23. The maximum atomic E-state index is 8.88. The van der Waals surface area contributed by atoms with Crippen LogP contribution < -0.4 is 5.32 Å². The Kier molecular flexibility index (Phi) is 3.24. The molecule has 0 amide bonds. The van der Waals surface area contributed by atoms with Crippen LogP contribution in [0.5, 0.6) is 0 Å². The molecule has 4 heteroatoms. The fourth-order valence-electron chi connectivity index (χ4n) is 1.78. The molecule has 0 spiro atoms. The summed E-state index contributed by atoms with van der Waals surface area (Å²) in [5, 5.41) is 12.1. The molecule has 0 unspecified atom stereocenters. The third kappa shape index (κ3) is 2.64. The fraction of sp³-hybridized carbons (Fsp3) is 0.214. The monoisotopic (exact) mass is 238 g/mol. The standard InChI is InChI=1S/C14H14N4/c1-9-4-5-13(10(2)6-9)18-14-7-12(8-15)16-11(3)17-14/h4-7H,1-3H3,(H,16,17,18). The van der Waals surface area contributed by atoms with Gasteiger partial charge in [0.05, 0.1) is 0 Å². The summed E-state index contributed by atoms with van der Waals surface area (Å²) < 4.78 is 0. The van der Waals surface area contributed by atoms with Crippen LogP contribution in [-0.2, 0) is 0 Å². The predicted octanol–water partition coefficient (Wildman–Crippen LogP) is 3.02. The van der Waals surface area contributed by atoms with Gasteiger partial charge >= 0.3 is 0 Å². The molecule has 0 radical (unpaired) electrons. The molecule has 1 N–H and O–H groups in total. The van der Waals surface area contributed by atoms with E-state index in [9.17, 15) is 0 Å². The molecular weight excluding hydrogens is 224 g/mol. The van der Waals surface area contributed by atoms with Gasteiger partial charge in [-0.25, -0.2) is 9.97 Å². The number of rotatable bonds is 2. The topological polar surface area (TPSA) is 61.6 Å². The van der Waals surface area contributed by atoms with E-state index in [0.29, 0.717) is 17.3 Å². The summed E-state index contributed by atoms with van der Waals surface area (Å²) in [4.78, 5) is 8.29.